The van der Waals surface area contributed by atoms with Crippen LogP contribution in [-0.2, 0) is 0 Å². The number of H-pyrrole nitrogens is 1. The van der Waals surface area contributed by atoms with E-state index in [4.69, 9.17) is 16.3 Å². The first-order valence-electron chi connectivity index (χ1n) is 12.7. The zero-order valence-electron chi connectivity index (χ0n) is 21.3. The van der Waals surface area contributed by atoms with Gasteiger partial charge in [0.15, 0.2) is 5.78 Å². The number of amides is 1. The fourth-order valence-electron chi connectivity index (χ4n) is 5.04. The van der Waals surface area contributed by atoms with E-state index in [0.717, 1.165) is 37.4 Å². The molecule has 0 spiro atoms. The van der Waals surface area contributed by atoms with Crippen molar-refractivity contribution in [3.8, 4) is 5.75 Å². The molecule has 4 aromatic rings. The van der Waals surface area contributed by atoms with Crippen LogP contribution in [-0.4, -0.2) is 46.5 Å². The largest absolute Gasteiger partial charge is 0.496 e. The van der Waals surface area contributed by atoms with Crippen molar-refractivity contribution in [2.45, 2.75) is 31.7 Å². The predicted octanol–water partition coefficient (Wildman–Crippen LogP) is 5.81. The number of anilines is 2. The molecule has 4 N–H and O–H groups in total. The minimum atomic E-state index is -0.576. The van der Waals surface area contributed by atoms with E-state index in [9.17, 15) is 19.1 Å². The molecule has 2 aromatic heterocycles. The number of aromatic amines is 1. The van der Waals surface area contributed by atoms with E-state index < -0.39 is 11.7 Å². The van der Waals surface area contributed by atoms with Gasteiger partial charge in [0.2, 0.25) is 0 Å². The lowest BCUT2D eigenvalue weighted by Gasteiger charge is -2.29. The molecular weight excluding hydrogens is 523 g/mol. The maximum Gasteiger partial charge on any atom is 0.259 e. The second kappa shape index (κ2) is 11.4. The number of nitrogens with one attached hydrogen (secondary N) is 3. The Labute approximate surface area is 229 Å². The molecule has 5 rings (SSSR count). The first-order chi connectivity index (χ1) is 18.9. The summed E-state index contributed by atoms with van der Waals surface area (Å²) in [4.78, 5) is 33.8. The Balaban J connectivity index is 1.37. The third-order valence-corrected chi connectivity index (χ3v) is 7.47. The van der Waals surface area contributed by atoms with Crippen LogP contribution in [0, 0.1) is 11.7 Å². The van der Waals surface area contributed by atoms with Crippen LogP contribution in [0.2, 0.25) is 5.02 Å². The number of nitrogens with zero attached hydrogens (tertiary/aromatic N) is 1. The van der Waals surface area contributed by atoms with Crippen molar-refractivity contribution in [3.05, 3.63) is 82.4 Å². The number of aliphatic hydroxyl groups is 1. The van der Waals surface area contributed by atoms with E-state index in [1.165, 1.54) is 25.3 Å². The smallest absolute Gasteiger partial charge is 0.259 e. The molecule has 0 saturated heterocycles. The summed E-state index contributed by atoms with van der Waals surface area (Å²) in [6.45, 7) is 0.213. The monoisotopic (exact) mass is 550 g/mol. The van der Waals surface area contributed by atoms with Gasteiger partial charge >= 0.3 is 0 Å². The molecule has 2 heterocycles. The van der Waals surface area contributed by atoms with Crippen LogP contribution in [0.5, 0.6) is 5.75 Å². The number of fused-ring (bicyclic) bond motifs is 1. The summed E-state index contributed by atoms with van der Waals surface area (Å²) in [7, 11) is 1.39. The number of carbonyl (C=O) groups excluding carboxylic acids is 2. The Kier molecular flexibility index (Phi) is 7.81. The number of aromatic nitrogens is 2. The summed E-state index contributed by atoms with van der Waals surface area (Å²) in [6, 6.07) is 10.3. The minimum Gasteiger partial charge on any atom is -0.496 e. The van der Waals surface area contributed by atoms with Crippen LogP contribution >= 0.6 is 11.6 Å². The summed E-state index contributed by atoms with van der Waals surface area (Å²) in [5.41, 5.74) is 2.45. The van der Waals surface area contributed by atoms with Crippen molar-refractivity contribution in [2.24, 2.45) is 5.92 Å². The van der Waals surface area contributed by atoms with Gasteiger partial charge in [-0.15, -0.1) is 0 Å². The third-order valence-electron chi connectivity index (χ3n) is 7.16. The van der Waals surface area contributed by atoms with Crippen LogP contribution in [0.3, 0.4) is 0 Å². The van der Waals surface area contributed by atoms with E-state index in [1.54, 1.807) is 24.5 Å². The van der Waals surface area contributed by atoms with Gasteiger partial charge in [-0.05, 0) is 74.1 Å². The highest BCUT2D eigenvalue weighted by Gasteiger charge is 2.24. The lowest BCUT2D eigenvalue weighted by atomic mass is 9.86. The molecule has 0 atom stereocenters. The lowest BCUT2D eigenvalue weighted by molar-refractivity contribution is 0.102. The number of ether oxygens (including phenoxy) is 1. The van der Waals surface area contributed by atoms with E-state index in [2.05, 4.69) is 20.6 Å². The second-order valence-corrected chi connectivity index (χ2v) is 10.1. The maximum atomic E-state index is 13.7. The quantitative estimate of drug-likeness (QED) is 0.206. The zero-order chi connectivity index (χ0) is 27.5. The molecule has 1 saturated carbocycles. The van der Waals surface area contributed by atoms with Gasteiger partial charge in [0.25, 0.3) is 5.91 Å². The molecule has 202 valence electrons. The fourth-order valence-corrected chi connectivity index (χ4v) is 5.31. The molecule has 0 unspecified atom stereocenters. The van der Waals surface area contributed by atoms with Gasteiger partial charge < -0.3 is 25.5 Å². The minimum absolute atomic E-state index is 0.0324. The Bertz CT molecular complexity index is 1530. The number of halogens is 2. The lowest BCUT2D eigenvalue weighted by Crippen LogP contribution is -2.27. The Morgan fingerprint density at radius 3 is 2.62 bits per heavy atom. The number of aliphatic hydroxyl groups excluding tert-OH is 1. The molecule has 1 amide bonds. The number of carbonyl (C=O) groups is 2. The average Bonchev–Trinajstić information content (AvgIpc) is 3.38. The van der Waals surface area contributed by atoms with Crippen LogP contribution in [0.1, 0.15) is 52.0 Å². The van der Waals surface area contributed by atoms with Gasteiger partial charge in [0.05, 0.1) is 28.6 Å². The summed E-state index contributed by atoms with van der Waals surface area (Å²) in [6.07, 6.45) is 7.08. The zero-order valence-corrected chi connectivity index (χ0v) is 22.0. The number of benzene rings is 2. The molecule has 0 radical (unpaired) electrons. The summed E-state index contributed by atoms with van der Waals surface area (Å²) < 4.78 is 18.9. The van der Waals surface area contributed by atoms with Gasteiger partial charge in [0.1, 0.15) is 17.2 Å². The average molecular weight is 551 g/mol. The number of hydrogen-bond donors (Lipinski definition) is 4. The molecule has 1 fully saturated rings. The molecule has 1 aliphatic rings. The van der Waals surface area contributed by atoms with Crippen molar-refractivity contribution in [3.63, 3.8) is 0 Å². The SMILES string of the molecule is COc1ccc(F)cc1C(=O)Nc1ccc(C(=O)c2c[nH]c3nccc(N[C@H]4CC[C@H](CO)CC4)c23)c(Cl)c1. The van der Waals surface area contributed by atoms with E-state index in [1.807, 2.05) is 6.07 Å². The second-order valence-electron chi connectivity index (χ2n) is 9.65. The van der Waals surface area contributed by atoms with Gasteiger partial charge in [-0.2, -0.15) is 0 Å². The Morgan fingerprint density at radius 1 is 1.10 bits per heavy atom. The van der Waals surface area contributed by atoms with Crippen LogP contribution in [0.15, 0.2) is 54.9 Å². The molecule has 1 aliphatic carbocycles. The van der Waals surface area contributed by atoms with Gasteiger partial charge in [-0.3, -0.25) is 9.59 Å². The van der Waals surface area contributed by atoms with E-state index >= 15 is 0 Å². The summed E-state index contributed by atoms with van der Waals surface area (Å²) in [5.74, 6) is -0.870. The molecule has 0 aliphatic heterocycles. The Hall–Kier alpha value is -3.95. The van der Waals surface area contributed by atoms with Gasteiger partial charge in [-0.1, -0.05) is 11.6 Å². The highest BCUT2D eigenvalue weighted by atomic mass is 35.5. The van der Waals surface area contributed by atoms with E-state index in [-0.39, 0.29) is 40.3 Å². The topological polar surface area (TPSA) is 116 Å². The molecule has 0 bridgehead atoms. The molecule has 10 heteroatoms. The van der Waals surface area contributed by atoms with Crippen molar-refractivity contribution < 1.29 is 23.8 Å². The van der Waals surface area contributed by atoms with Crippen molar-refractivity contribution >= 4 is 45.7 Å². The van der Waals surface area contributed by atoms with Crippen LogP contribution in [0.4, 0.5) is 15.8 Å². The van der Waals surface area contributed by atoms with Crippen molar-refractivity contribution in [1.82, 2.24) is 9.97 Å². The number of methoxy groups -OCH3 is 1. The molecular formula is C29H28ClFN4O4. The number of pyridine rings is 1. The Morgan fingerprint density at radius 2 is 1.90 bits per heavy atom. The first-order valence-corrected chi connectivity index (χ1v) is 13.1. The maximum absolute atomic E-state index is 13.7. The normalized spacial score (nSPS) is 17.1. The standard InChI is InChI=1S/C29H28ClFN4O4/c1-39-25-9-4-17(31)12-21(25)29(38)35-19-7-8-20(23(30)13-19)27(37)22-14-33-28-26(22)24(10-11-32-28)34-18-5-2-16(15-36)3-6-18/h4,7-14,16,18,36H,2-3,5-6,15H2,1H3,(H,35,38)(H2,32,33,34)/t16-,18-. The van der Waals surface area contributed by atoms with Gasteiger partial charge in [-0.25, -0.2) is 9.37 Å². The van der Waals surface area contributed by atoms with Crippen LogP contribution in [0.25, 0.3) is 11.0 Å². The number of ketones is 1. The first kappa shape index (κ1) is 26.6. The van der Waals surface area contributed by atoms with E-state index in [0.29, 0.717) is 28.2 Å². The van der Waals surface area contributed by atoms with Crippen molar-refractivity contribution in [2.75, 3.05) is 24.4 Å². The fraction of sp³-hybridized carbons (Fsp3) is 0.276. The molecule has 39 heavy (non-hydrogen) atoms. The summed E-state index contributed by atoms with van der Waals surface area (Å²) >= 11 is 6.51. The highest BCUT2D eigenvalue weighted by molar-refractivity contribution is 6.36. The third kappa shape index (κ3) is 5.60. The number of rotatable bonds is 8. The summed E-state index contributed by atoms with van der Waals surface area (Å²) in [5, 5.41) is 16.5. The van der Waals surface area contributed by atoms with Crippen molar-refractivity contribution in [1.29, 1.82) is 0 Å². The number of hydrogen-bond acceptors (Lipinski definition) is 6. The predicted molar refractivity (Wildman–Crippen MR) is 148 cm³/mol. The van der Waals surface area contributed by atoms with Gasteiger partial charge in [0, 0.05) is 42.0 Å². The molecule has 8 nitrogen and oxygen atoms in total. The van der Waals surface area contributed by atoms with Crippen LogP contribution < -0.4 is 15.4 Å². The molecule has 2 aromatic carbocycles. The highest BCUT2D eigenvalue weighted by Crippen LogP contribution is 2.33.